The molecule has 0 saturated carbocycles. The number of aromatic nitrogens is 1. The fraction of sp³-hybridized carbons (Fsp3) is 0. The van der Waals surface area contributed by atoms with Gasteiger partial charge < -0.3 is 4.74 Å². The summed E-state index contributed by atoms with van der Waals surface area (Å²) in [5.74, 6) is 0.293. The molecular weight excluding hydrogens is 356 g/mol. The molecule has 1 aromatic heterocycles. The van der Waals surface area contributed by atoms with Gasteiger partial charge in [0.2, 0.25) is 15.9 Å². The Hall–Kier alpha value is -1.15. The first-order valence-electron chi connectivity index (χ1n) is 4.98. The standard InChI is InChI=1S/C11H8BrClN2O3S/c12-8-6-7(13)3-4-9(8)18-11-10(19(14,16)17)2-1-5-15-11/h1-6H,(H2,14,16,17). The van der Waals surface area contributed by atoms with Gasteiger partial charge in [0.1, 0.15) is 10.6 Å². The lowest BCUT2D eigenvalue weighted by atomic mass is 10.3. The monoisotopic (exact) mass is 362 g/mol. The van der Waals surface area contributed by atoms with Gasteiger partial charge >= 0.3 is 0 Å². The van der Waals surface area contributed by atoms with Crippen molar-refractivity contribution >= 4 is 37.6 Å². The van der Waals surface area contributed by atoms with Gasteiger partial charge in [-0.3, -0.25) is 0 Å². The largest absolute Gasteiger partial charge is 0.436 e. The molecule has 8 heteroatoms. The van der Waals surface area contributed by atoms with Crippen LogP contribution in [0.4, 0.5) is 0 Å². The summed E-state index contributed by atoms with van der Waals surface area (Å²) >= 11 is 9.07. The van der Waals surface area contributed by atoms with E-state index in [0.717, 1.165) is 0 Å². The summed E-state index contributed by atoms with van der Waals surface area (Å²) in [6, 6.07) is 7.61. The number of sulfonamides is 1. The molecule has 0 aliphatic heterocycles. The summed E-state index contributed by atoms with van der Waals surface area (Å²) in [5, 5.41) is 5.61. The Morgan fingerprint density at radius 3 is 2.68 bits per heavy atom. The van der Waals surface area contributed by atoms with Crippen LogP contribution in [0, 0.1) is 0 Å². The van der Waals surface area contributed by atoms with Gasteiger partial charge in [0.15, 0.2) is 0 Å². The van der Waals surface area contributed by atoms with E-state index in [1.165, 1.54) is 18.3 Å². The molecule has 0 amide bonds. The number of ether oxygens (including phenoxy) is 1. The zero-order valence-electron chi connectivity index (χ0n) is 9.38. The smallest absolute Gasteiger partial charge is 0.243 e. The maximum atomic E-state index is 11.4. The number of nitrogens with two attached hydrogens (primary N) is 1. The van der Waals surface area contributed by atoms with E-state index in [-0.39, 0.29) is 10.8 Å². The first-order chi connectivity index (χ1) is 8.88. The van der Waals surface area contributed by atoms with E-state index in [9.17, 15) is 8.42 Å². The van der Waals surface area contributed by atoms with Crippen LogP contribution in [0.5, 0.6) is 11.6 Å². The average Bonchev–Trinajstić information content (AvgIpc) is 2.32. The van der Waals surface area contributed by atoms with Gasteiger partial charge in [-0.25, -0.2) is 18.5 Å². The normalized spacial score (nSPS) is 11.3. The van der Waals surface area contributed by atoms with Crippen molar-refractivity contribution in [1.29, 1.82) is 0 Å². The highest BCUT2D eigenvalue weighted by atomic mass is 79.9. The molecular formula is C11H8BrClN2O3S. The highest BCUT2D eigenvalue weighted by Gasteiger charge is 2.17. The zero-order valence-corrected chi connectivity index (χ0v) is 12.5. The van der Waals surface area contributed by atoms with E-state index in [1.54, 1.807) is 18.2 Å². The van der Waals surface area contributed by atoms with Crippen molar-refractivity contribution in [1.82, 2.24) is 4.98 Å². The Morgan fingerprint density at radius 1 is 1.32 bits per heavy atom. The van der Waals surface area contributed by atoms with E-state index >= 15 is 0 Å². The van der Waals surface area contributed by atoms with Crippen molar-refractivity contribution in [3.05, 3.63) is 46.0 Å². The third-order valence-electron chi connectivity index (χ3n) is 2.14. The fourth-order valence-electron chi connectivity index (χ4n) is 1.33. The SMILES string of the molecule is NS(=O)(=O)c1cccnc1Oc1ccc(Cl)cc1Br. The third-order valence-corrected chi connectivity index (χ3v) is 3.92. The summed E-state index contributed by atoms with van der Waals surface area (Å²) < 4.78 is 28.8. The van der Waals surface area contributed by atoms with Crippen LogP contribution in [-0.4, -0.2) is 13.4 Å². The molecule has 0 aliphatic rings. The highest BCUT2D eigenvalue weighted by Crippen LogP contribution is 2.33. The molecule has 2 N–H and O–H groups in total. The number of rotatable bonds is 3. The zero-order chi connectivity index (χ0) is 14.0. The molecule has 5 nitrogen and oxygen atoms in total. The van der Waals surface area contributed by atoms with Gasteiger partial charge in [-0.15, -0.1) is 0 Å². The van der Waals surface area contributed by atoms with Crippen molar-refractivity contribution in [2.75, 3.05) is 0 Å². The molecule has 0 fully saturated rings. The van der Waals surface area contributed by atoms with Crippen LogP contribution in [0.3, 0.4) is 0 Å². The number of primary sulfonamides is 1. The number of hydrogen-bond donors (Lipinski definition) is 1. The topological polar surface area (TPSA) is 82.3 Å². The number of halogens is 2. The van der Waals surface area contributed by atoms with E-state index in [1.807, 2.05) is 0 Å². The van der Waals surface area contributed by atoms with E-state index < -0.39 is 10.0 Å². The number of nitrogens with zero attached hydrogens (tertiary/aromatic N) is 1. The number of benzene rings is 1. The predicted molar refractivity (Wildman–Crippen MR) is 74.8 cm³/mol. The van der Waals surface area contributed by atoms with Crippen LogP contribution in [-0.2, 0) is 10.0 Å². The molecule has 0 atom stereocenters. The Labute approximate surface area is 123 Å². The molecule has 2 aromatic rings. The van der Waals surface area contributed by atoms with Gasteiger partial charge in [-0.05, 0) is 46.3 Å². The molecule has 19 heavy (non-hydrogen) atoms. The Morgan fingerprint density at radius 2 is 2.05 bits per heavy atom. The lowest BCUT2D eigenvalue weighted by molar-refractivity contribution is 0.444. The van der Waals surface area contributed by atoms with Crippen LogP contribution in [0.15, 0.2) is 45.9 Å². The third kappa shape index (κ3) is 3.44. The average molecular weight is 364 g/mol. The molecule has 2 rings (SSSR count). The summed E-state index contributed by atoms with van der Waals surface area (Å²) in [5.41, 5.74) is 0. The van der Waals surface area contributed by atoms with Crippen molar-refractivity contribution < 1.29 is 13.2 Å². The van der Waals surface area contributed by atoms with Gasteiger partial charge in [-0.2, -0.15) is 0 Å². The lowest BCUT2D eigenvalue weighted by Gasteiger charge is -2.09. The molecule has 0 saturated heterocycles. The lowest BCUT2D eigenvalue weighted by Crippen LogP contribution is -2.13. The molecule has 100 valence electrons. The second-order valence-electron chi connectivity index (χ2n) is 3.53. The summed E-state index contributed by atoms with van der Waals surface area (Å²) in [4.78, 5) is 3.69. The fourth-order valence-corrected chi connectivity index (χ4v) is 2.70. The van der Waals surface area contributed by atoms with Gasteiger partial charge in [-0.1, -0.05) is 11.6 Å². The predicted octanol–water partition coefficient (Wildman–Crippen LogP) is 2.94. The minimum Gasteiger partial charge on any atom is -0.436 e. The molecule has 0 spiro atoms. The Bertz CT molecular complexity index is 722. The number of hydrogen-bond acceptors (Lipinski definition) is 4. The maximum Gasteiger partial charge on any atom is 0.243 e. The number of pyridine rings is 1. The first-order valence-corrected chi connectivity index (χ1v) is 7.70. The van der Waals surface area contributed by atoms with Crippen molar-refractivity contribution in [3.63, 3.8) is 0 Å². The van der Waals surface area contributed by atoms with Crippen molar-refractivity contribution in [2.24, 2.45) is 5.14 Å². The maximum absolute atomic E-state index is 11.4. The second-order valence-corrected chi connectivity index (χ2v) is 6.35. The molecule has 1 heterocycles. The van der Waals surface area contributed by atoms with Crippen molar-refractivity contribution in [3.8, 4) is 11.6 Å². The molecule has 1 aromatic carbocycles. The molecule has 0 aliphatic carbocycles. The summed E-state index contributed by atoms with van der Waals surface area (Å²) in [6.45, 7) is 0. The molecule has 0 radical (unpaired) electrons. The van der Waals surface area contributed by atoms with Gasteiger partial charge in [0.05, 0.1) is 4.47 Å². The molecule has 0 bridgehead atoms. The summed E-state index contributed by atoms with van der Waals surface area (Å²) in [7, 11) is -3.90. The Balaban J connectivity index is 2.44. The van der Waals surface area contributed by atoms with E-state index in [0.29, 0.717) is 15.2 Å². The van der Waals surface area contributed by atoms with Crippen LogP contribution < -0.4 is 9.88 Å². The van der Waals surface area contributed by atoms with Crippen LogP contribution in [0.2, 0.25) is 5.02 Å². The minimum atomic E-state index is -3.90. The van der Waals surface area contributed by atoms with Gasteiger partial charge in [0.25, 0.3) is 0 Å². The van der Waals surface area contributed by atoms with Crippen LogP contribution >= 0.6 is 27.5 Å². The quantitative estimate of drug-likeness (QED) is 0.909. The van der Waals surface area contributed by atoms with Gasteiger partial charge in [0, 0.05) is 11.2 Å². The van der Waals surface area contributed by atoms with E-state index in [4.69, 9.17) is 21.5 Å². The van der Waals surface area contributed by atoms with E-state index in [2.05, 4.69) is 20.9 Å². The summed E-state index contributed by atoms with van der Waals surface area (Å²) in [6.07, 6.45) is 1.41. The Kier molecular flexibility index (Phi) is 4.10. The molecule has 0 unspecified atom stereocenters. The minimum absolute atomic E-state index is 0.0898. The second kappa shape index (κ2) is 5.46. The van der Waals surface area contributed by atoms with Crippen LogP contribution in [0.1, 0.15) is 0 Å². The highest BCUT2D eigenvalue weighted by molar-refractivity contribution is 9.10. The first kappa shape index (κ1) is 14.3. The van der Waals surface area contributed by atoms with Crippen molar-refractivity contribution in [2.45, 2.75) is 4.90 Å². The van der Waals surface area contributed by atoms with Crippen LogP contribution in [0.25, 0.3) is 0 Å².